The van der Waals surface area contributed by atoms with E-state index in [1.54, 1.807) is 0 Å². The van der Waals surface area contributed by atoms with Crippen LogP contribution in [0.2, 0.25) is 0 Å². The van der Waals surface area contributed by atoms with Gasteiger partial charge in [-0.05, 0) is 137 Å². The maximum absolute atomic E-state index is 5.13. The minimum Gasteiger partial charge on any atom is -0.309 e. The number of hydrogen-bond acceptors (Lipinski definition) is 2. The molecule has 0 atom stereocenters. The zero-order valence-corrected chi connectivity index (χ0v) is 28.4. The van der Waals surface area contributed by atoms with Gasteiger partial charge in [-0.25, -0.2) is 9.97 Å². The molecule has 228 valence electrons. The normalized spacial score (nSPS) is 11.6. The molecule has 7 aromatic rings. The molecule has 0 aliphatic heterocycles. The summed E-state index contributed by atoms with van der Waals surface area (Å²) in [4.78, 5) is 10.3. The van der Waals surface area contributed by atoms with E-state index in [2.05, 4.69) is 140 Å². The Labute approximate surface area is 272 Å². The molecule has 0 aliphatic carbocycles. The number of hydrogen-bond donors (Lipinski definition) is 0. The van der Waals surface area contributed by atoms with Gasteiger partial charge < -0.3 is 4.57 Å². The Morgan fingerprint density at radius 2 is 0.870 bits per heavy atom. The van der Waals surface area contributed by atoms with Crippen molar-refractivity contribution in [3.8, 4) is 39.6 Å². The van der Waals surface area contributed by atoms with Gasteiger partial charge in [-0.3, -0.25) is 0 Å². The monoisotopic (exact) mass is 599 g/mol. The van der Waals surface area contributed by atoms with E-state index in [0.717, 1.165) is 39.5 Å². The van der Waals surface area contributed by atoms with Crippen molar-refractivity contribution in [3.63, 3.8) is 0 Å². The Bertz CT molecular complexity index is 2190. The summed E-state index contributed by atoms with van der Waals surface area (Å²) in [5.74, 6) is 0.739. The maximum atomic E-state index is 5.13. The molecule has 0 amide bonds. The van der Waals surface area contributed by atoms with Crippen molar-refractivity contribution in [1.29, 1.82) is 0 Å². The van der Waals surface area contributed by atoms with Crippen LogP contribution in [0.25, 0.3) is 61.4 Å². The lowest BCUT2D eigenvalue weighted by atomic mass is 9.90. The van der Waals surface area contributed by atoms with Gasteiger partial charge in [0.05, 0.1) is 22.4 Å². The standard InChI is InChI=1S/C43H41N3/c1-24-22-35(46-41-31(8)27(4)25(2)29(6)39(41)40-30(7)26(3)28(5)32(9)42(40)46)20-21-36(24)43-44-37(33-16-12-10-13-17-33)23-38(45-43)34-18-14-11-15-19-34/h10-23H,1-9H3. The molecule has 0 fully saturated rings. The molecule has 2 aromatic heterocycles. The Kier molecular flexibility index (Phi) is 7.16. The van der Waals surface area contributed by atoms with E-state index < -0.39 is 0 Å². The fourth-order valence-corrected chi connectivity index (χ4v) is 7.25. The molecule has 5 aromatic carbocycles. The molecule has 2 heterocycles. The van der Waals surface area contributed by atoms with Gasteiger partial charge >= 0.3 is 0 Å². The lowest BCUT2D eigenvalue weighted by Crippen LogP contribution is -2.02. The van der Waals surface area contributed by atoms with Crippen molar-refractivity contribution in [1.82, 2.24) is 14.5 Å². The van der Waals surface area contributed by atoms with Crippen molar-refractivity contribution < 1.29 is 0 Å². The summed E-state index contributed by atoms with van der Waals surface area (Å²) >= 11 is 0. The molecular weight excluding hydrogens is 558 g/mol. The van der Waals surface area contributed by atoms with Crippen molar-refractivity contribution in [2.24, 2.45) is 0 Å². The summed E-state index contributed by atoms with van der Waals surface area (Å²) < 4.78 is 2.53. The zero-order valence-electron chi connectivity index (χ0n) is 28.4. The predicted octanol–water partition coefficient (Wildman–Crippen LogP) is 11.4. The van der Waals surface area contributed by atoms with Gasteiger partial charge in [0, 0.05) is 33.2 Å². The van der Waals surface area contributed by atoms with Gasteiger partial charge in [-0.1, -0.05) is 60.7 Å². The van der Waals surface area contributed by atoms with E-state index in [-0.39, 0.29) is 0 Å². The Hall–Kier alpha value is -5.02. The van der Waals surface area contributed by atoms with Gasteiger partial charge in [0.25, 0.3) is 0 Å². The van der Waals surface area contributed by atoms with Gasteiger partial charge in [0.2, 0.25) is 0 Å². The maximum Gasteiger partial charge on any atom is 0.160 e. The summed E-state index contributed by atoms with van der Waals surface area (Å²) in [6, 6.07) is 29.7. The Morgan fingerprint density at radius 1 is 0.435 bits per heavy atom. The lowest BCUT2D eigenvalue weighted by molar-refractivity contribution is 1.12. The molecule has 0 radical (unpaired) electrons. The summed E-state index contributed by atoms with van der Waals surface area (Å²) in [6.45, 7) is 20.5. The Balaban J connectivity index is 1.50. The first kappa shape index (κ1) is 29.7. The molecule has 46 heavy (non-hydrogen) atoms. The fourth-order valence-electron chi connectivity index (χ4n) is 7.25. The molecule has 0 N–H and O–H groups in total. The highest BCUT2D eigenvalue weighted by molar-refractivity contribution is 6.15. The molecule has 0 aliphatic rings. The molecule has 0 saturated heterocycles. The molecular formula is C43H41N3. The summed E-state index contributed by atoms with van der Waals surface area (Å²) in [7, 11) is 0. The van der Waals surface area contributed by atoms with Crippen LogP contribution in [0.4, 0.5) is 0 Å². The fraction of sp³-hybridized carbons (Fsp3) is 0.209. The third-order valence-corrected chi connectivity index (χ3v) is 10.6. The topological polar surface area (TPSA) is 30.7 Å². The summed E-state index contributed by atoms with van der Waals surface area (Å²) in [6.07, 6.45) is 0. The minimum atomic E-state index is 0.739. The summed E-state index contributed by atoms with van der Waals surface area (Å²) in [5, 5.41) is 2.76. The lowest BCUT2D eigenvalue weighted by Gasteiger charge is -2.17. The first-order chi connectivity index (χ1) is 22.1. The van der Waals surface area contributed by atoms with Crippen LogP contribution in [0.15, 0.2) is 84.9 Å². The van der Waals surface area contributed by atoms with Crippen LogP contribution in [-0.4, -0.2) is 14.5 Å². The molecule has 3 heteroatoms. The van der Waals surface area contributed by atoms with Crippen LogP contribution in [0.1, 0.15) is 50.1 Å². The third-order valence-electron chi connectivity index (χ3n) is 10.6. The first-order valence-electron chi connectivity index (χ1n) is 16.2. The van der Waals surface area contributed by atoms with Crippen LogP contribution >= 0.6 is 0 Å². The highest BCUT2D eigenvalue weighted by atomic mass is 15.0. The minimum absolute atomic E-state index is 0.739. The number of rotatable bonds is 4. The zero-order chi connectivity index (χ0) is 32.4. The largest absolute Gasteiger partial charge is 0.309 e. The van der Waals surface area contributed by atoms with Crippen molar-refractivity contribution in [3.05, 3.63) is 135 Å². The molecule has 0 spiro atoms. The van der Waals surface area contributed by atoms with Gasteiger partial charge in [0.1, 0.15) is 0 Å². The van der Waals surface area contributed by atoms with Crippen molar-refractivity contribution in [2.75, 3.05) is 0 Å². The van der Waals surface area contributed by atoms with Crippen LogP contribution in [0.3, 0.4) is 0 Å². The van der Waals surface area contributed by atoms with Gasteiger partial charge in [-0.15, -0.1) is 0 Å². The molecule has 3 nitrogen and oxygen atoms in total. The van der Waals surface area contributed by atoms with Gasteiger partial charge in [0.15, 0.2) is 5.82 Å². The molecule has 0 bridgehead atoms. The quantitative estimate of drug-likeness (QED) is 0.201. The number of nitrogens with zero attached hydrogens (tertiary/aromatic N) is 3. The van der Waals surface area contributed by atoms with E-state index in [9.17, 15) is 0 Å². The average Bonchev–Trinajstić information content (AvgIpc) is 3.45. The first-order valence-corrected chi connectivity index (χ1v) is 16.2. The van der Waals surface area contributed by atoms with Crippen LogP contribution in [-0.2, 0) is 0 Å². The highest BCUT2D eigenvalue weighted by Crippen LogP contribution is 2.44. The van der Waals surface area contributed by atoms with Crippen LogP contribution < -0.4 is 0 Å². The number of fused-ring (bicyclic) bond motifs is 3. The van der Waals surface area contributed by atoms with Gasteiger partial charge in [-0.2, -0.15) is 0 Å². The second kappa shape index (κ2) is 11.1. The van der Waals surface area contributed by atoms with Crippen molar-refractivity contribution >= 4 is 21.8 Å². The molecule has 0 unspecified atom stereocenters. The van der Waals surface area contributed by atoms with E-state index in [4.69, 9.17) is 9.97 Å². The van der Waals surface area contributed by atoms with Crippen LogP contribution in [0.5, 0.6) is 0 Å². The van der Waals surface area contributed by atoms with E-state index in [1.807, 2.05) is 12.1 Å². The summed E-state index contributed by atoms with van der Waals surface area (Å²) in [5.41, 5.74) is 20.9. The SMILES string of the molecule is Cc1cc(-n2c3c(C)c(C)c(C)c(C)c3c3c(C)c(C)c(C)c(C)c32)ccc1-c1nc(-c2ccccc2)cc(-c2ccccc2)n1. The molecule has 0 saturated carbocycles. The Morgan fingerprint density at radius 3 is 1.30 bits per heavy atom. The highest BCUT2D eigenvalue weighted by Gasteiger charge is 2.24. The van der Waals surface area contributed by atoms with Crippen LogP contribution in [0, 0.1) is 62.3 Å². The van der Waals surface area contributed by atoms with E-state index in [1.165, 1.54) is 72.0 Å². The number of aromatic nitrogens is 3. The smallest absolute Gasteiger partial charge is 0.160 e. The van der Waals surface area contributed by atoms with E-state index >= 15 is 0 Å². The third kappa shape index (κ3) is 4.48. The van der Waals surface area contributed by atoms with E-state index in [0.29, 0.717) is 0 Å². The second-order valence-corrected chi connectivity index (χ2v) is 13.0. The van der Waals surface area contributed by atoms with Crippen molar-refractivity contribution in [2.45, 2.75) is 62.3 Å². The predicted molar refractivity (Wildman–Crippen MR) is 195 cm³/mol. The molecule has 7 rings (SSSR count). The number of aryl methyl sites for hydroxylation is 5. The number of benzene rings is 5. The second-order valence-electron chi connectivity index (χ2n) is 13.0. The average molecular weight is 600 g/mol.